The van der Waals surface area contributed by atoms with Crippen molar-refractivity contribution in [3.8, 4) is 17.1 Å². The van der Waals surface area contributed by atoms with Gasteiger partial charge in [0.25, 0.3) is 0 Å². The summed E-state index contributed by atoms with van der Waals surface area (Å²) in [5.74, 6) is 2.24. The van der Waals surface area contributed by atoms with Gasteiger partial charge in [0.1, 0.15) is 5.75 Å². The highest BCUT2D eigenvalue weighted by atomic mass is 16.5. The van der Waals surface area contributed by atoms with Crippen molar-refractivity contribution in [3.05, 3.63) is 65.5 Å². The fraction of sp³-hybridized carbons (Fsp3) is 0.375. The van der Waals surface area contributed by atoms with E-state index in [0.717, 1.165) is 49.5 Å². The number of ether oxygens (including phenoxy) is 1. The summed E-state index contributed by atoms with van der Waals surface area (Å²) >= 11 is 0. The molecular weight excluding hydrogens is 392 g/mol. The lowest BCUT2D eigenvalue weighted by Crippen LogP contribution is -2.48. The molecule has 31 heavy (non-hydrogen) atoms. The quantitative estimate of drug-likeness (QED) is 0.584. The number of hydrogen-bond acceptors (Lipinski definition) is 6. The predicted molar refractivity (Wildman–Crippen MR) is 118 cm³/mol. The standard InChI is InChI=1S/C24H28N4O3/c1-18-6-9-20(10-7-18)24-25-22(31-26-24)17-27-12-14-28(15-13-27)23(29)11-8-19-4-3-5-21(16-19)30-2/h3-7,9-10,16H,8,11-15,17H2,1-2H3. The average molecular weight is 421 g/mol. The minimum atomic E-state index is 0.196. The van der Waals surface area contributed by atoms with E-state index in [1.165, 1.54) is 5.56 Å². The molecule has 2 heterocycles. The predicted octanol–water partition coefficient (Wildman–Crippen LogP) is 3.33. The number of rotatable bonds is 7. The summed E-state index contributed by atoms with van der Waals surface area (Å²) in [6.07, 6.45) is 1.23. The minimum Gasteiger partial charge on any atom is -0.497 e. The molecule has 0 aliphatic carbocycles. The van der Waals surface area contributed by atoms with Crippen LogP contribution in [-0.2, 0) is 17.8 Å². The molecule has 1 aliphatic heterocycles. The summed E-state index contributed by atoms with van der Waals surface area (Å²) in [7, 11) is 1.65. The van der Waals surface area contributed by atoms with Gasteiger partial charge in [0, 0.05) is 38.2 Å². The van der Waals surface area contributed by atoms with Crippen LogP contribution < -0.4 is 4.74 Å². The van der Waals surface area contributed by atoms with Crippen LogP contribution in [0.25, 0.3) is 11.4 Å². The van der Waals surface area contributed by atoms with Crippen LogP contribution in [0.5, 0.6) is 5.75 Å². The van der Waals surface area contributed by atoms with Crippen molar-refractivity contribution in [3.63, 3.8) is 0 Å². The van der Waals surface area contributed by atoms with Gasteiger partial charge in [-0.1, -0.05) is 47.1 Å². The van der Waals surface area contributed by atoms with E-state index in [1.54, 1.807) is 7.11 Å². The van der Waals surface area contributed by atoms with Crippen LogP contribution in [0.15, 0.2) is 53.1 Å². The van der Waals surface area contributed by atoms with Crippen molar-refractivity contribution >= 4 is 5.91 Å². The Morgan fingerprint density at radius 1 is 1.10 bits per heavy atom. The highest BCUT2D eigenvalue weighted by Crippen LogP contribution is 2.18. The molecule has 1 aromatic heterocycles. The van der Waals surface area contributed by atoms with E-state index in [1.807, 2.05) is 53.4 Å². The number of piperazine rings is 1. The maximum atomic E-state index is 12.6. The Morgan fingerprint density at radius 3 is 2.61 bits per heavy atom. The molecule has 1 fully saturated rings. The summed E-state index contributed by atoms with van der Waals surface area (Å²) in [6, 6.07) is 16.0. The van der Waals surface area contributed by atoms with Gasteiger partial charge in [-0.3, -0.25) is 9.69 Å². The second-order valence-electron chi connectivity index (χ2n) is 7.89. The number of carbonyl (C=O) groups excluding carboxylic acids is 1. The van der Waals surface area contributed by atoms with E-state index in [9.17, 15) is 4.79 Å². The Labute approximate surface area is 182 Å². The van der Waals surface area contributed by atoms with Crippen LogP contribution >= 0.6 is 0 Å². The molecule has 0 unspecified atom stereocenters. The van der Waals surface area contributed by atoms with Crippen LogP contribution in [0.4, 0.5) is 0 Å². The minimum absolute atomic E-state index is 0.196. The smallest absolute Gasteiger partial charge is 0.241 e. The lowest BCUT2D eigenvalue weighted by Gasteiger charge is -2.34. The van der Waals surface area contributed by atoms with Crippen molar-refractivity contribution < 1.29 is 14.1 Å². The average Bonchev–Trinajstić information content (AvgIpc) is 3.27. The van der Waals surface area contributed by atoms with Crippen LogP contribution in [-0.4, -0.2) is 59.1 Å². The number of nitrogens with zero attached hydrogens (tertiary/aromatic N) is 4. The maximum Gasteiger partial charge on any atom is 0.241 e. The molecule has 2 aromatic carbocycles. The summed E-state index contributed by atoms with van der Waals surface area (Å²) < 4.78 is 10.7. The van der Waals surface area contributed by atoms with Gasteiger partial charge in [-0.15, -0.1) is 0 Å². The lowest BCUT2D eigenvalue weighted by atomic mass is 10.1. The van der Waals surface area contributed by atoms with Gasteiger partial charge >= 0.3 is 0 Å². The highest BCUT2D eigenvalue weighted by molar-refractivity contribution is 5.76. The van der Waals surface area contributed by atoms with E-state index >= 15 is 0 Å². The third-order valence-corrected chi connectivity index (χ3v) is 5.62. The lowest BCUT2D eigenvalue weighted by molar-refractivity contribution is -0.133. The molecule has 7 nitrogen and oxygen atoms in total. The first-order chi connectivity index (χ1) is 15.1. The molecule has 3 aromatic rings. The summed E-state index contributed by atoms with van der Waals surface area (Å²) in [4.78, 5) is 21.3. The summed E-state index contributed by atoms with van der Waals surface area (Å²) in [6.45, 7) is 5.69. The molecule has 0 saturated carbocycles. The summed E-state index contributed by atoms with van der Waals surface area (Å²) in [5.41, 5.74) is 3.27. The molecule has 0 N–H and O–H groups in total. The molecule has 1 aliphatic rings. The molecule has 162 valence electrons. The molecule has 0 bridgehead atoms. The number of methoxy groups -OCH3 is 1. The van der Waals surface area contributed by atoms with Gasteiger partial charge in [0.05, 0.1) is 13.7 Å². The fourth-order valence-electron chi connectivity index (χ4n) is 3.72. The van der Waals surface area contributed by atoms with Gasteiger partial charge in [-0.2, -0.15) is 4.98 Å². The molecule has 0 atom stereocenters. The number of hydrogen-bond donors (Lipinski definition) is 0. The molecule has 0 radical (unpaired) electrons. The summed E-state index contributed by atoms with van der Waals surface area (Å²) in [5, 5.41) is 4.10. The van der Waals surface area contributed by atoms with Gasteiger partial charge in [0.15, 0.2) is 0 Å². The van der Waals surface area contributed by atoms with Crippen LogP contribution in [0.3, 0.4) is 0 Å². The first-order valence-corrected chi connectivity index (χ1v) is 10.6. The monoisotopic (exact) mass is 420 g/mol. The second kappa shape index (κ2) is 9.75. The SMILES string of the molecule is COc1cccc(CCC(=O)N2CCN(Cc3nc(-c4ccc(C)cc4)no3)CC2)c1. The largest absolute Gasteiger partial charge is 0.497 e. The van der Waals surface area contributed by atoms with Crippen LogP contribution in [0.1, 0.15) is 23.4 Å². The van der Waals surface area contributed by atoms with E-state index in [-0.39, 0.29) is 5.91 Å². The van der Waals surface area contributed by atoms with E-state index in [0.29, 0.717) is 24.7 Å². The molecule has 0 spiro atoms. The second-order valence-corrected chi connectivity index (χ2v) is 7.89. The topological polar surface area (TPSA) is 71.7 Å². The van der Waals surface area contributed by atoms with Crippen LogP contribution in [0.2, 0.25) is 0 Å². The Hall–Kier alpha value is -3.19. The molecule has 1 saturated heterocycles. The fourth-order valence-corrected chi connectivity index (χ4v) is 3.72. The Kier molecular flexibility index (Phi) is 6.62. The Balaban J connectivity index is 1.24. The zero-order chi connectivity index (χ0) is 21.6. The Morgan fingerprint density at radius 2 is 1.87 bits per heavy atom. The van der Waals surface area contributed by atoms with Crippen molar-refractivity contribution in [2.45, 2.75) is 26.3 Å². The highest BCUT2D eigenvalue weighted by Gasteiger charge is 2.22. The Bertz CT molecular complexity index is 1010. The molecule has 4 rings (SSSR count). The molecule has 1 amide bonds. The first-order valence-electron chi connectivity index (χ1n) is 10.6. The van der Waals surface area contributed by atoms with Crippen molar-refractivity contribution in [2.24, 2.45) is 0 Å². The number of amides is 1. The maximum absolute atomic E-state index is 12.6. The van der Waals surface area contributed by atoms with Gasteiger partial charge in [-0.05, 0) is 31.0 Å². The third-order valence-electron chi connectivity index (χ3n) is 5.62. The normalized spacial score (nSPS) is 14.6. The number of carbonyl (C=O) groups is 1. The van der Waals surface area contributed by atoms with Crippen molar-refractivity contribution in [1.82, 2.24) is 19.9 Å². The number of aryl methyl sites for hydroxylation is 2. The van der Waals surface area contributed by atoms with Crippen molar-refractivity contribution in [2.75, 3.05) is 33.3 Å². The third kappa shape index (κ3) is 5.49. The molecular formula is C24H28N4O3. The van der Waals surface area contributed by atoms with Gasteiger partial charge in [0.2, 0.25) is 17.6 Å². The molecule has 7 heteroatoms. The first kappa shape index (κ1) is 21.1. The van der Waals surface area contributed by atoms with Crippen molar-refractivity contribution in [1.29, 1.82) is 0 Å². The zero-order valence-corrected chi connectivity index (χ0v) is 18.1. The van der Waals surface area contributed by atoms with Crippen LogP contribution in [0, 0.1) is 6.92 Å². The van der Waals surface area contributed by atoms with Gasteiger partial charge < -0.3 is 14.2 Å². The number of aromatic nitrogens is 2. The number of benzene rings is 2. The van der Waals surface area contributed by atoms with Gasteiger partial charge in [-0.25, -0.2) is 0 Å². The van der Waals surface area contributed by atoms with E-state index < -0.39 is 0 Å². The zero-order valence-electron chi connectivity index (χ0n) is 18.1. The van der Waals surface area contributed by atoms with E-state index in [2.05, 4.69) is 22.0 Å². The van der Waals surface area contributed by atoms with E-state index in [4.69, 9.17) is 9.26 Å².